The molecule has 1 rings (SSSR count). The zero-order valence-corrected chi connectivity index (χ0v) is 7.75. The van der Waals surface area contributed by atoms with Gasteiger partial charge in [-0.25, -0.2) is 0 Å². The molecule has 0 bridgehead atoms. The molecule has 0 N–H and O–H groups in total. The largest absolute Gasteiger partial charge is 0.383 e. The number of ether oxygens (including phenoxy) is 1. The van der Waals surface area contributed by atoms with E-state index in [1.54, 1.807) is 7.11 Å². The topological polar surface area (TPSA) is 12.5 Å². The van der Waals surface area contributed by atoms with Gasteiger partial charge in [0.1, 0.15) is 0 Å². The molecule has 1 unspecified atom stereocenters. The summed E-state index contributed by atoms with van der Waals surface area (Å²) in [5.74, 6) is 2.70. The predicted octanol–water partition coefficient (Wildman–Crippen LogP) is 1.12. The van der Waals surface area contributed by atoms with Gasteiger partial charge in [0.05, 0.1) is 13.2 Å². The first-order chi connectivity index (χ1) is 5.88. The SMILES string of the molecule is C#CCN1CCCCC1COC. The highest BCUT2D eigenvalue weighted by Gasteiger charge is 2.20. The molecule has 0 spiro atoms. The van der Waals surface area contributed by atoms with E-state index in [0.717, 1.165) is 19.7 Å². The van der Waals surface area contributed by atoms with E-state index in [2.05, 4.69) is 10.8 Å². The molecule has 0 saturated carbocycles. The molecule has 2 nitrogen and oxygen atoms in total. The van der Waals surface area contributed by atoms with E-state index in [1.165, 1.54) is 19.3 Å². The summed E-state index contributed by atoms with van der Waals surface area (Å²) in [4.78, 5) is 2.34. The van der Waals surface area contributed by atoms with Gasteiger partial charge in [0.2, 0.25) is 0 Å². The molecule has 0 aromatic heterocycles. The van der Waals surface area contributed by atoms with Gasteiger partial charge in [-0.05, 0) is 19.4 Å². The Hall–Kier alpha value is -0.520. The minimum atomic E-state index is 0.555. The summed E-state index contributed by atoms with van der Waals surface area (Å²) in [5.41, 5.74) is 0. The molecule has 0 amide bonds. The van der Waals surface area contributed by atoms with Crippen molar-refractivity contribution in [2.45, 2.75) is 25.3 Å². The lowest BCUT2D eigenvalue weighted by molar-refractivity contribution is 0.0743. The van der Waals surface area contributed by atoms with E-state index < -0.39 is 0 Å². The Morgan fingerprint density at radius 2 is 2.42 bits per heavy atom. The first kappa shape index (κ1) is 9.57. The number of likely N-dealkylation sites (tertiary alicyclic amines) is 1. The number of hydrogen-bond acceptors (Lipinski definition) is 2. The van der Waals surface area contributed by atoms with Crippen LogP contribution in [0.5, 0.6) is 0 Å². The summed E-state index contributed by atoms with van der Waals surface area (Å²) in [6.45, 7) is 2.73. The number of methoxy groups -OCH3 is 1. The van der Waals surface area contributed by atoms with Gasteiger partial charge in [-0.2, -0.15) is 0 Å². The number of piperidine rings is 1. The van der Waals surface area contributed by atoms with E-state index in [0.29, 0.717) is 6.04 Å². The van der Waals surface area contributed by atoms with Crippen molar-refractivity contribution < 1.29 is 4.74 Å². The second-order valence-electron chi connectivity index (χ2n) is 3.28. The van der Waals surface area contributed by atoms with Crippen molar-refractivity contribution >= 4 is 0 Å². The van der Waals surface area contributed by atoms with Crippen molar-refractivity contribution in [3.63, 3.8) is 0 Å². The average molecular weight is 167 g/mol. The van der Waals surface area contributed by atoms with Crippen LogP contribution >= 0.6 is 0 Å². The maximum absolute atomic E-state index is 5.29. The van der Waals surface area contributed by atoms with Crippen molar-refractivity contribution in [2.24, 2.45) is 0 Å². The average Bonchev–Trinajstić information content (AvgIpc) is 2.09. The van der Waals surface area contributed by atoms with Crippen LogP contribution < -0.4 is 0 Å². The Kier molecular flexibility index (Phi) is 4.13. The summed E-state index contributed by atoms with van der Waals surface area (Å²) in [5, 5.41) is 0. The molecule has 0 aromatic carbocycles. The minimum absolute atomic E-state index is 0.555. The Morgan fingerprint density at radius 3 is 3.08 bits per heavy atom. The van der Waals surface area contributed by atoms with Gasteiger partial charge in [0.15, 0.2) is 0 Å². The van der Waals surface area contributed by atoms with Crippen molar-refractivity contribution in [3.8, 4) is 12.3 Å². The smallest absolute Gasteiger partial charge is 0.0618 e. The summed E-state index contributed by atoms with van der Waals surface area (Å²) in [6, 6.07) is 0.555. The molecular formula is C10H17NO. The second kappa shape index (κ2) is 5.18. The minimum Gasteiger partial charge on any atom is -0.383 e. The van der Waals surface area contributed by atoms with E-state index in [-0.39, 0.29) is 0 Å². The van der Waals surface area contributed by atoms with Gasteiger partial charge in [-0.15, -0.1) is 6.42 Å². The maximum Gasteiger partial charge on any atom is 0.0618 e. The van der Waals surface area contributed by atoms with Gasteiger partial charge in [-0.1, -0.05) is 12.3 Å². The number of nitrogens with zero attached hydrogens (tertiary/aromatic N) is 1. The highest BCUT2D eigenvalue weighted by molar-refractivity contribution is 4.91. The summed E-state index contributed by atoms with van der Waals surface area (Å²) >= 11 is 0. The van der Waals surface area contributed by atoms with Gasteiger partial charge >= 0.3 is 0 Å². The fraction of sp³-hybridized carbons (Fsp3) is 0.800. The van der Waals surface area contributed by atoms with E-state index in [1.807, 2.05) is 0 Å². The summed E-state index contributed by atoms with van der Waals surface area (Å²) in [7, 11) is 1.75. The highest BCUT2D eigenvalue weighted by atomic mass is 16.5. The molecule has 1 atom stereocenters. The lowest BCUT2D eigenvalue weighted by atomic mass is 10.0. The maximum atomic E-state index is 5.29. The molecular weight excluding hydrogens is 150 g/mol. The Labute approximate surface area is 74.9 Å². The molecule has 0 aromatic rings. The molecule has 1 aliphatic heterocycles. The van der Waals surface area contributed by atoms with Crippen LogP contribution in [-0.4, -0.2) is 37.7 Å². The van der Waals surface area contributed by atoms with Crippen LogP contribution in [0.15, 0.2) is 0 Å². The third kappa shape index (κ3) is 2.51. The molecule has 1 fully saturated rings. The molecule has 68 valence electrons. The zero-order chi connectivity index (χ0) is 8.81. The van der Waals surface area contributed by atoms with Crippen LogP contribution in [0.4, 0.5) is 0 Å². The molecule has 2 heteroatoms. The molecule has 0 aliphatic carbocycles. The van der Waals surface area contributed by atoms with Crippen molar-refractivity contribution in [3.05, 3.63) is 0 Å². The van der Waals surface area contributed by atoms with Crippen molar-refractivity contribution in [2.75, 3.05) is 26.8 Å². The predicted molar refractivity (Wildman–Crippen MR) is 49.9 cm³/mol. The number of hydrogen-bond donors (Lipinski definition) is 0. The summed E-state index contributed by atoms with van der Waals surface area (Å²) < 4.78 is 5.15. The third-order valence-electron chi connectivity index (χ3n) is 2.40. The van der Waals surface area contributed by atoms with E-state index >= 15 is 0 Å². The lowest BCUT2D eigenvalue weighted by Crippen LogP contribution is -2.42. The Balaban J connectivity index is 2.38. The van der Waals surface area contributed by atoms with Crippen LogP contribution in [0, 0.1) is 12.3 Å². The normalized spacial score (nSPS) is 25.2. The van der Waals surface area contributed by atoms with Crippen molar-refractivity contribution in [1.29, 1.82) is 0 Å². The fourth-order valence-electron chi connectivity index (χ4n) is 1.77. The zero-order valence-electron chi connectivity index (χ0n) is 7.75. The molecule has 12 heavy (non-hydrogen) atoms. The Bertz CT molecular complexity index is 160. The monoisotopic (exact) mass is 167 g/mol. The first-order valence-corrected chi connectivity index (χ1v) is 4.55. The van der Waals surface area contributed by atoms with Crippen LogP contribution in [0.25, 0.3) is 0 Å². The van der Waals surface area contributed by atoms with E-state index in [4.69, 9.17) is 11.2 Å². The first-order valence-electron chi connectivity index (χ1n) is 4.55. The van der Waals surface area contributed by atoms with Crippen molar-refractivity contribution in [1.82, 2.24) is 4.90 Å². The molecule has 0 radical (unpaired) electrons. The standard InChI is InChI=1S/C10H17NO/c1-3-7-11-8-5-4-6-10(11)9-12-2/h1,10H,4-9H2,2H3. The van der Waals surface area contributed by atoms with Gasteiger partial charge in [0.25, 0.3) is 0 Å². The highest BCUT2D eigenvalue weighted by Crippen LogP contribution is 2.16. The van der Waals surface area contributed by atoms with Gasteiger partial charge in [-0.3, -0.25) is 4.90 Å². The van der Waals surface area contributed by atoms with Crippen LogP contribution in [0.3, 0.4) is 0 Å². The molecule has 1 aliphatic rings. The number of terminal acetylenes is 1. The van der Waals surface area contributed by atoms with Gasteiger partial charge < -0.3 is 4.74 Å². The molecule has 1 heterocycles. The van der Waals surface area contributed by atoms with Crippen LogP contribution in [-0.2, 0) is 4.74 Å². The quantitative estimate of drug-likeness (QED) is 0.584. The van der Waals surface area contributed by atoms with Gasteiger partial charge in [0, 0.05) is 13.2 Å². The number of rotatable bonds is 3. The van der Waals surface area contributed by atoms with Crippen LogP contribution in [0.2, 0.25) is 0 Å². The fourth-order valence-corrected chi connectivity index (χ4v) is 1.77. The molecule has 1 saturated heterocycles. The van der Waals surface area contributed by atoms with Crippen LogP contribution in [0.1, 0.15) is 19.3 Å². The second-order valence-corrected chi connectivity index (χ2v) is 3.28. The Morgan fingerprint density at radius 1 is 1.58 bits per heavy atom. The van der Waals surface area contributed by atoms with E-state index in [9.17, 15) is 0 Å². The summed E-state index contributed by atoms with van der Waals surface area (Å²) in [6.07, 6.45) is 9.11. The third-order valence-corrected chi connectivity index (χ3v) is 2.40. The lowest BCUT2D eigenvalue weighted by Gasteiger charge is -2.33.